The average Bonchev–Trinajstić information content (AvgIpc) is 2.92. The molecule has 0 radical (unpaired) electrons. The number of carbonyl (C=O) groups excluding carboxylic acids is 2. The van der Waals surface area contributed by atoms with E-state index in [0.717, 1.165) is 26.4 Å². The van der Waals surface area contributed by atoms with Crippen molar-refractivity contribution in [1.82, 2.24) is 0 Å². The van der Waals surface area contributed by atoms with Gasteiger partial charge in [0.25, 0.3) is 0 Å². The van der Waals surface area contributed by atoms with Crippen molar-refractivity contribution in [1.29, 1.82) is 0 Å². The largest absolute Gasteiger partial charge is 0.463 e. The Balaban J connectivity index is 3.37. The summed E-state index contributed by atoms with van der Waals surface area (Å²) < 4.78 is 36.4. The molecule has 0 aromatic heterocycles. The molecule has 10 heteroatoms. The number of aliphatic imine (C=N–C) groups is 1. The van der Waals surface area contributed by atoms with Gasteiger partial charge < -0.3 is 23.3 Å². The summed E-state index contributed by atoms with van der Waals surface area (Å²) >= 11 is 0. The average molecular weight is 335 g/mol. The van der Waals surface area contributed by atoms with Gasteiger partial charge in [-0.1, -0.05) is 0 Å². The van der Waals surface area contributed by atoms with Crippen LogP contribution in [0.2, 0.25) is 0 Å². The Kier molecular flexibility index (Phi) is 6.28. The third-order valence-corrected chi connectivity index (χ3v) is 4.28. The maximum absolute atomic E-state index is 12.2. The fraction of sp³-hybridized carbons (Fsp3) is 0.583. The van der Waals surface area contributed by atoms with E-state index in [4.69, 9.17) is 23.3 Å². The first-order valence-corrected chi connectivity index (χ1v) is 8.00. The van der Waals surface area contributed by atoms with E-state index < -0.39 is 25.1 Å². The zero-order valence-corrected chi connectivity index (χ0v) is 13.6. The molecule has 1 aliphatic heterocycles. The lowest BCUT2D eigenvalue weighted by Crippen LogP contribution is -2.47. The van der Waals surface area contributed by atoms with Gasteiger partial charge in [0.05, 0.1) is 19.0 Å². The van der Waals surface area contributed by atoms with Crippen molar-refractivity contribution in [3.63, 3.8) is 0 Å². The molecule has 0 atom stereocenters. The molecule has 0 bridgehead atoms. The second kappa shape index (κ2) is 7.53. The van der Waals surface area contributed by atoms with Crippen molar-refractivity contribution in [2.45, 2.75) is 19.4 Å². The molecular weight excluding hydrogens is 317 g/mol. The molecule has 0 N–H and O–H groups in total. The molecule has 0 spiro atoms. The van der Waals surface area contributed by atoms with Gasteiger partial charge in [0.15, 0.2) is 12.2 Å². The van der Waals surface area contributed by atoms with Gasteiger partial charge in [-0.15, -0.1) is 0 Å². The summed E-state index contributed by atoms with van der Waals surface area (Å²) in [5.41, 5.74) is -2.21. The molecule has 0 aliphatic carbocycles. The Morgan fingerprint density at radius 3 is 2.14 bits per heavy atom. The van der Waals surface area contributed by atoms with Crippen molar-refractivity contribution in [2.75, 3.05) is 27.4 Å². The predicted octanol–water partition coefficient (Wildman–Crippen LogP) is 1.24. The molecule has 0 fully saturated rings. The summed E-state index contributed by atoms with van der Waals surface area (Å²) in [4.78, 5) is 28.2. The number of carbonyl (C=O) groups is 2. The van der Waals surface area contributed by atoms with Crippen LogP contribution in [0, 0.1) is 0 Å². The molecule has 0 aromatic rings. The number of nitrogens with zero attached hydrogens (tertiary/aromatic N) is 1. The minimum absolute atomic E-state index is 0.00893. The van der Waals surface area contributed by atoms with Crippen molar-refractivity contribution in [2.24, 2.45) is 4.99 Å². The van der Waals surface area contributed by atoms with E-state index in [1.165, 1.54) is 0 Å². The number of rotatable bonds is 7. The second-order valence-electron chi connectivity index (χ2n) is 3.90. The Morgan fingerprint density at radius 1 is 1.23 bits per heavy atom. The van der Waals surface area contributed by atoms with Gasteiger partial charge in [0, 0.05) is 14.2 Å². The van der Waals surface area contributed by atoms with Crippen LogP contribution >= 0.6 is 7.60 Å². The highest BCUT2D eigenvalue weighted by Gasteiger charge is 2.57. The summed E-state index contributed by atoms with van der Waals surface area (Å²) in [6, 6.07) is 0. The van der Waals surface area contributed by atoms with Crippen LogP contribution in [-0.4, -0.2) is 51.3 Å². The van der Waals surface area contributed by atoms with E-state index >= 15 is 0 Å². The van der Waals surface area contributed by atoms with Gasteiger partial charge in [-0.2, -0.15) is 0 Å². The normalized spacial score (nSPS) is 18.1. The van der Waals surface area contributed by atoms with Crippen LogP contribution in [0.1, 0.15) is 13.8 Å². The number of hydrogen-bond donors (Lipinski definition) is 0. The Bertz CT molecular complexity index is 515. The molecule has 9 nitrogen and oxygen atoms in total. The lowest BCUT2D eigenvalue weighted by molar-refractivity contribution is -0.162. The zero-order valence-electron chi connectivity index (χ0n) is 12.7. The lowest BCUT2D eigenvalue weighted by atomic mass is 9.99. The number of hydrogen-bond acceptors (Lipinski definition) is 9. The summed E-state index contributed by atoms with van der Waals surface area (Å²) in [5, 5.41) is 0. The van der Waals surface area contributed by atoms with Gasteiger partial charge in [0.1, 0.15) is 0 Å². The molecule has 124 valence electrons. The van der Waals surface area contributed by atoms with Crippen LogP contribution in [0.25, 0.3) is 0 Å². The van der Waals surface area contributed by atoms with E-state index in [-0.39, 0.29) is 19.0 Å². The summed E-state index contributed by atoms with van der Waals surface area (Å²) in [5.74, 6) is -1.47. The van der Waals surface area contributed by atoms with Crippen LogP contribution in [-0.2, 0) is 37.4 Å². The minimum atomic E-state index is -3.71. The number of ether oxygens (including phenoxy) is 3. The van der Waals surface area contributed by atoms with E-state index in [1.54, 1.807) is 13.8 Å². The smallest absolute Gasteiger partial charge is 0.357 e. The molecule has 1 heterocycles. The van der Waals surface area contributed by atoms with Gasteiger partial charge >= 0.3 is 25.1 Å². The van der Waals surface area contributed by atoms with Crippen molar-refractivity contribution in [3.8, 4) is 0 Å². The summed E-state index contributed by atoms with van der Waals surface area (Å²) in [7, 11) is -1.42. The monoisotopic (exact) mass is 335 g/mol. The summed E-state index contributed by atoms with van der Waals surface area (Å²) in [6.07, 6.45) is 0.870. The van der Waals surface area contributed by atoms with Crippen LogP contribution in [0.5, 0.6) is 0 Å². The molecule has 0 aromatic carbocycles. The Hall–Kier alpha value is -1.70. The zero-order chi connectivity index (χ0) is 16.8. The standard InChI is InChI=1S/C12H18NO8P/c1-5-19-10(14)12(11(15)20-6-2)9(21-8-13-12)7-22(16,17-3)18-4/h7-8H,5-6H2,1-4H3. The molecule has 1 rings (SSSR count). The highest BCUT2D eigenvalue weighted by molar-refractivity contribution is 7.57. The summed E-state index contributed by atoms with van der Waals surface area (Å²) in [6.45, 7) is 3.15. The van der Waals surface area contributed by atoms with Gasteiger partial charge in [-0.05, 0) is 13.8 Å². The number of esters is 2. The van der Waals surface area contributed by atoms with Gasteiger partial charge in [-0.3, -0.25) is 4.57 Å². The molecule has 0 saturated carbocycles. The van der Waals surface area contributed by atoms with Crippen molar-refractivity contribution >= 4 is 25.9 Å². The van der Waals surface area contributed by atoms with Crippen LogP contribution in [0.3, 0.4) is 0 Å². The fourth-order valence-electron chi connectivity index (χ4n) is 1.62. The Morgan fingerprint density at radius 2 is 1.73 bits per heavy atom. The highest BCUT2D eigenvalue weighted by atomic mass is 31.2. The molecular formula is C12H18NO8P. The maximum Gasteiger partial charge on any atom is 0.357 e. The van der Waals surface area contributed by atoms with E-state index in [1.807, 2.05) is 0 Å². The van der Waals surface area contributed by atoms with E-state index in [2.05, 4.69) is 4.99 Å². The first-order valence-electron chi connectivity index (χ1n) is 6.39. The lowest BCUT2D eigenvalue weighted by Gasteiger charge is -2.22. The molecule has 1 aliphatic rings. The third kappa shape index (κ3) is 3.37. The Labute approximate surface area is 127 Å². The predicted molar refractivity (Wildman–Crippen MR) is 75.3 cm³/mol. The highest BCUT2D eigenvalue weighted by Crippen LogP contribution is 2.51. The van der Waals surface area contributed by atoms with Crippen LogP contribution < -0.4 is 0 Å². The van der Waals surface area contributed by atoms with Crippen molar-refractivity contribution in [3.05, 3.63) is 11.6 Å². The van der Waals surface area contributed by atoms with E-state index in [0.29, 0.717) is 0 Å². The van der Waals surface area contributed by atoms with Crippen LogP contribution in [0.15, 0.2) is 16.6 Å². The van der Waals surface area contributed by atoms with E-state index in [9.17, 15) is 14.2 Å². The van der Waals surface area contributed by atoms with Gasteiger partial charge in [-0.25, -0.2) is 14.6 Å². The second-order valence-corrected chi connectivity index (χ2v) is 5.97. The maximum atomic E-state index is 12.2. The quantitative estimate of drug-likeness (QED) is 0.388. The molecule has 0 unspecified atom stereocenters. The first-order chi connectivity index (χ1) is 10.4. The topological polar surface area (TPSA) is 110 Å². The minimum Gasteiger partial charge on any atom is -0.463 e. The third-order valence-electron chi connectivity index (χ3n) is 2.71. The fourth-order valence-corrected chi connectivity index (χ4v) is 2.51. The van der Waals surface area contributed by atoms with Crippen LogP contribution in [0.4, 0.5) is 0 Å². The first kappa shape index (κ1) is 18.3. The molecule has 0 saturated heterocycles. The van der Waals surface area contributed by atoms with Crippen molar-refractivity contribution < 1.29 is 37.4 Å². The SMILES string of the molecule is CCOC(=O)C1(C(=O)OCC)N=COC1=CP(=O)(OC)OC. The molecule has 22 heavy (non-hydrogen) atoms. The molecule has 0 amide bonds. The van der Waals surface area contributed by atoms with Gasteiger partial charge in [0.2, 0.25) is 0 Å².